The van der Waals surface area contributed by atoms with Gasteiger partial charge < -0.3 is 10.6 Å². The number of anilines is 1. The molecule has 1 unspecified atom stereocenters. The number of para-hydroxylation sites is 1. The number of benzene rings is 1. The van der Waals surface area contributed by atoms with Gasteiger partial charge in [-0.15, -0.1) is 12.3 Å². The minimum atomic E-state index is -0.130. The number of unbranched alkanes of at least 4 members (excludes halogenated alkanes) is 2. The van der Waals surface area contributed by atoms with Gasteiger partial charge in [0.1, 0.15) is 6.04 Å². The highest BCUT2D eigenvalue weighted by Gasteiger charge is 2.25. The maximum atomic E-state index is 11.9. The normalized spacial score (nSPS) is 16.5. The first-order valence-electron chi connectivity index (χ1n) is 6.37. The van der Waals surface area contributed by atoms with E-state index in [1.165, 1.54) is 5.56 Å². The SMILES string of the molecule is C#CCCCCNC(=O)C1Cc2ccccc2N1. The number of hydrogen-bond acceptors (Lipinski definition) is 2. The zero-order chi connectivity index (χ0) is 12.8. The lowest BCUT2D eigenvalue weighted by atomic mass is 10.1. The van der Waals surface area contributed by atoms with E-state index in [0.717, 1.165) is 31.4 Å². The zero-order valence-corrected chi connectivity index (χ0v) is 10.4. The second kappa shape index (κ2) is 6.11. The molecule has 0 saturated carbocycles. The fourth-order valence-electron chi connectivity index (χ4n) is 2.14. The average Bonchev–Trinajstić information content (AvgIpc) is 2.82. The van der Waals surface area contributed by atoms with E-state index in [9.17, 15) is 4.79 Å². The third-order valence-corrected chi connectivity index (χ3v) is 3.13. The number of fused-ring (bicyclic) bond motifs is 1. The molecule has 0 radical (unpaired) electrons. The molecule has 0 spiro atoms. The van der Waals surface area contributed by atoms with Crippen molar-refractivity contribution in [3.63, 3.8) is 0 Å². The van der Waals surface area contributed by atoms with Crippen LogP contribution in [0.5, 0.6) is 0 Å². The van der Waals surface area contributed by atoms with Crippen molar-refractivity contribution in [2.45, 2.75) is 31.7 Å². The van der Waals surface area contributed by atoms with Crippen molar-refractivity contribution in [1.82, 2.24) is 5.32 Å². The molecule has 2 rings (SSSR count). The molecule has 1 aromatic rings. The van der Waals surface area contributed by atoms with Crippen LogP contribution in [0.3, 0.4) is 0 Å². The molecule has 3 heteroatoms. The summed E-state index contributed by atoms with van der Waals surface area (Å²) in [6.45, 7) is 0.703. The maximum absolute atomic E-state index is 11.9. The van der Waals surface area contributed by atoms with Gasteiger partial charge in [-0.1, -0.05) is 18.2 Å². The van der Waals surface area contributed by atoms with E-state index in [1.54, 1.807) is 0 Å². The van der Waals surface area contributed by atoms with E-state index in [1.807, 2.05) is 18.2 Å². The van der Waals surface area contributed by atoms with Crippen LogP contribution in [0, 0.1) is 12.3 Å². The molecular formula is C15H18N2O. The maximum Gasteiger partial charge on any atom is 0.242 e. The molecule has 0 aromatic heterocycles. The van der Waals surface area contributed by atoms with Crippen LogP contribution in [-0.4, -0.2) is 18.5 Å². The van der Waals surface area contributed by atoms with Crippen LogP contribution >= 0.6 is 0 Å². The molecule has 1 aliphatic rings. The molecule has 2 N–H and O–H groups in total. The Bertz CT molecular complexity index is 437. The summed E-state index contributed by atoms with van der Waals surface area (Å²) >= 11 is 0. The van der Waals surface area contributed by atoms with E-state index in [0.29, 0.717) is 6.54 Å². The first-order valence-corrected chi connectivity index (χ1v) is 6.37. The first kappa shape index (κ1) is 12.5. The van der Waals surface area contributed by atoms with Gasteiger partial charge in [-0.2, -0.15) is 0 Å². The summed E-state index contributed by atoms with van der Waals surface area (Å²) < 4.78 is 0. The van der Waals surface area contributed by atoms with Crippen molar-refractivity contribution in [2.75, 3.05) is 11.9 Å². The Morgan fingerprint density at radius 3 is 3.06 bits per heavy atom. The fourth-order valence-corrected chi connectivity index (χ4v) is 2.14. The summed E-state index contributed by atoms with van der Waals surface area (Å²) in [5, 5.41) is 6.19. The van der Waals surface area contributed by atoms with Crippen LogP contribution in [0.2, 0.25) is 0 Å². The Balaban J connectivity index is 1.74. The van der Waals surface area contributed by atoms with E-state index in [2.05, 4.69) is 22.6 Å². The Morgan fingerprint density at radius 1 is 1.44 bits per heavy atom. The molecule has 0 bridgehead atoms. The topological polar surface area (TPSA) is 41.1 Å². The summed E-state index contributed by atoms with van der Waals surface area (Å²) in [4.78, 5) is 11.9. The second-order valence-corrected chi connectivity index (χ2v) is 4.51. The Kier molecular flexibility index (Phi) is 4.25. The molecule has 0 saturated heterocycles. The van der Waals surface area contributed by atoms with Gasteiger partial charge in [-0.05, 0) is 24.5 Å². The molecule has 94 valence electrons. The van der Waals surface area contributed by atoms with Gasteiger partial charge in [-0.25, -0.2) is 0 Å². The largest absolute Gasteiger partial charge is 0.373 e. The molecule has 1 heterocycles. The Morgan fingerprint density at radius 2 is 2.28 bits per heavy atom. The summed E-state index contributed by atoms with van der Waals surface area (Å²) in [5.41, 5.74) is 2.29. The molecule has 1 aliphatic heterocycles. The van der Waals surface area contributed by atoms with Gasteiger partial charge in [0, 0.05) is 25.1 Å². The highest BCUT2D eigenvalue weighted by Crippen LogP contribution is 2.24. The molecule has 0 aliphatic carbocycles. The van der Waals surface area contributed by atoms with Crippen molar-refractivity contribution in [2.24, 2.45) is 0 Å². The third kappa shape index (κ3) is 3.04. The molecule has 0 fully saturated rings. The van der Waals surface area contributed by atoms with Gasteiger partial charge in [0.05, 0.1) is 0 Å². The highest BCUT2D eigenvalue weighted by atomic mass is 16.2. The molecule has 1 amide bonds. The number of carbonyl (C=O) groups excluding carboxylic acids is 1. The monoisotopic (exact) mass is 242 g/mol. The third-order valence-electron chi connectivity index (χ3n) is 3.13. The van der Waals surface area contributed by atoms with Crippen molar-refractivity contribution in [3.8, 4) is 12.3 Å². The van der Waals surface area contributed by atoms with E-state index in [4.69, 9.17) is 6.42 Å². The predicted octanol–water partition coefficient (Wildman–Crippen LogP) is 1.94. The number of hydrogen-bond donors (Lipinski definition) is 2. The standard InChI is InChI=1S/C15H18N2O/c1-2-3-4-7-10-16-15(18)14-11-12-8-5-6-9-13(12)17-14/h1,5-6,8-9,14,17H,3-4,7,10-11H2,(H,16,18). The summed E-state index contributed by atoms with van der Waals surface area (Å²) in [6.07, 6.45) is 8.63. The Labute approximate surface area is 108 Å². The number of nitrogens with one attached hydrogen (secondary N) is 2. The molecule has 1 atom stereocenters. The molecule has 1 aromatic carbocycles. The smallest absolute Gasteiger partial charge is 0.242 e. The minimum Gasteiger partial charge on any atom is -0.373 e. The lowest BCUT2D eigenvalue weighted by Crippen LogP contribution is -2.38. The number of terminal acetylenes is 1. The van der Waals surface area contributed by atoms with Gasteiger partial charge >= 0.3 is 0 Å². The second-order valence-electron chi connectivity index (χ2n) is 4.51. The first-order chi connectivity index (χ1) is 8.81. The lowest BCUT2D eigenvalue weighted by Gasteiger charge is -2.11. The van der Waals surface area contributed by atoms with Crippen LogP contribution in [0.4, 0.5) is 5.69 Å². The average molecular weight is 242 g/mol. The van der Waals surface area contributed by atoms with Gasteiger partial charge in [0.25, 0.3) is 0 Å². The minimum absolute atomic E-state index is 0.0758. The van der Waals surface area contributed by atoms with Gasteiger partial charge in [0.2, 0.25) is 5.91 Å². The van der Waals surface area contributed by atoms with Crippen LogP contribution < -0.4 is 10.6 Å². The van der Waals surface area contributed by atoms with E-state index in [-0.39, 0.29) is 11.9 Å². The predicted molar refractivity (Wildman–Crippen MR) is 73.3 cm³/mol. The fraction of sp³-hybridized carbons (Fsp3) is 0.400. The van der Waals surface area contributed by atoms with Gasteiger partial charge in [0.15, 0.2) is 0 Å². The van der Waals surface area contributed by atoms with Crippen LogP contribution in [0.15, 0.2) is 24.3 Å². The summed E-state index contributed by atoms with van der Waals surface area (Å²) in [7, 11) is 0. The van der Waals surface area contributed by atoms with Crippen LogP contribution in [0.25, 0.3) is 0 Å². The van der Waals surface area contributed by atoms with E-state index < -0.39 is 0 Å². The number of carbonyl (C=O) groups is 1. The summed E-state index contributed by atoms with van der Waals surface area (Å²) in [5.74, 6) is 2.67. The van der Waals surface area contributed by atoms with Crippen molar-refractivity contribution in [1.29, 1.82) is 0 Å². The van der Waals surface area contributed by atoms with Crippen LogP contribution in [-0.2, 0) is 11.2 Å². The van der Waals surface area contributed by atoms with Crippen molar-refractivity contribution >= 4 is 11.6 Å². The van der Waals surface area contributed by atoms with Crippen LogP contribution in [0.1, 0.15) is 24.8 Å². The summed E-state index contributed by atoms with van der Waals surface area (Å²) in [6, 6.07) is 7.92. The van der Waals surface area contributed by atoms with Crippen molar-refractivity contribution in [3.05, 3.63) is 29.8 Å². The quantitative estimate of drug-likeness (QED) is 0.612. The molecule has 3 nitrogen and oxygen atoms in total. The molecular weight excluding hydrogens is 224 g/mol. The lowest BCUT2D eigenvalue weighted by molar-refractivity contribution is -0.121. The van der Waals surface area contributed by atoms with Gasteiger partial charge in [-0.3, -0.25) is 4.79 Å². The van der Waals surface area contributed by atoms with Crippen molar-refractivity contribution < 1.29 is 4.79 Å². The number of rotatable bonds is 5. The zero-order valence-electron chi connectivity index (χ0n) is 10.4. The van der Waals surface area contributed by atoms with E-state index >= 15 is 0 Å². The highest BCUT2D eigenvalue weighted by molar-refractivity contribution is 5.87. The molecule has 18 heavy (non-hydrogen) atoms. The Hall–Kier alpha value is -1.95. The number of amides is 1.